The van der Waals surface area contributed by atoms with Crippen LogP contribution in [0, 0.1) is 6.92 Å². The molecule has 1 aromatic carbocycles. The minimum Gasteiger partial charge on any atom is -0.270 e. The van der Waals surface area contributed by atoms with Crippen molar-refractivity contribution >= 4 is 31.8 Å². The first-order valence-corrected chi connectivity index (χ1v) is 8.27. The molecule has 0 aliphatic carbocycles. The fourth-order valence-corrected chi connectivity index (χ4v) is 3.85. The van der Waals surface area contributed by atoms with Crippen molar-refractivity contribution in [2.24, 2.45) is 0 Å². The van der Waals surface area contributed by atoms with Crippen molar-refractivity contribution in [3.05, 3.63) is 28.2 Å². The molecule has 0 atom stereocenters. The second kappa shape index (κ2) is 5.59. The Morgan fingerprint density at radius 1 is 1.22 bits per heavy atom. The van der Waals surface area contributed by atoms with Gasteiger partial charge in [-0.3, -0.25) is 4.72 Å². The summed E-state index contributed by atoms with van der Waals surface area (Å²) in [6.07, 6.45) is 2.99. The van der Waals surface area contributed by atoms with Crippen LogP contribution in [0.3, 0.4) is 0 Å². The smallest absolute Gasteiger partial charge is 0.270 e. The van der Waals surface area contributed by atoms with Crippen LogP contribution >= 0.6 is 15.9 Å². The Balaban J connectivity index is 2.19. The van der Waals surface area contributed by atoms with Crippen molar-refractivity contribution in [2.45, 2.75) is 26.2 Å². The van der Waals surface area contributed by atoms with Crippen molar-refractivity contribution < 1.29 is 8.42 Å². The maximum absolute atomic E-state index is 12.2. The zero-order valence-corrected chi connectivity index (χ0v) is 12.7. The molecule has 1 N–H and O–H groups in total. The first-order valence-electron chi connectivity index (χ1n) is 6.04. The molecular weight excluding hydrogens is 316 g/mol. The summed E-state index contributed by atoms with van der Waals surface area (Å²) in [6, 6.07) is 5.54. The molecule has 1 aromatic rings. The summed E-state index contributed by atoms with van der Waals surface area (Å²) in [7, 11) is -3.42. The van der Waals surface area contributed by atoms with Crippen molar-refractivity contribution in [3.8, 4) is 0 Å². The predicted octanol–water partition coefficient (Wildman–Crippen LogP) is 2.90. The van der Waals surface area contributed by atoms with Gasteiger partial charge in [0.15, 0.2) is 0 Å². The van der Waals surface area contributed by atoms with E-state index in [1.165, 1.54) is 4.31 Å². The number of hydrogen-bond acceptors (Lipinski definition) is 2. The maximum Gasteiger partial charge on any atom is 0.301 e. The number of rotatable bonds is 3. The number of hydrogen-bond donors (Lipinski definition) is 1. The lowest BCUT2D eigenvalue weighted by molar-refractivity contribution is 0.349. The molecule has 0 amide bonds. The fourth-order valence-electron chi connectivity index (χ4n) is 2.04. The van der Waals surface area contributed by atoms with Crippen LogP contribution < -0.4 is 4.72 Å². The van der Waals surface area contributed by atoms with Crippen LogP contribution in [0.25, 0.3) is 0 Å². The first-order chi connectivity index (χ1) is 8.50. The Labute approximate surface area is 117 Å². The van der Waals surface area contributed by atoms with E-state index >= 15 is 0 Å². The molecule has 0 bridgehead atoms. The largest absolute Gasteiger partial charge is 0.301 e. The van der Waals surface area contributed by atoms with Gasteiger partial charge in [0.2, 0.25) is 0 Å². The summed E-state index contributed by atoms with van der Waals surface area (Å²) in [5.41, 5.74) is 1.61. The molecule has 0 saturated carbocycles. The van der Waals surface area contributed by atoms with E-state index in [-0.39, 0.29) is 0 Å². The molecule has 1 fully saturated rings. The van der Waals surface area contributed by atoms with Crippen LogP contribution in [0.15, 0.2) is 22.7 Å². The summed E-state index contributed by atoms with van der Waals surface area (Å²) < 4.78 is 29.4. The summed E-state index contributed by atoms with van der Waals surface area (Å²) in [5.74, 6) is 0. The van der Waals surface area contributed by atoms with Crippen LogP contribution in [-0.4, -0.2) is 25.8 Å². The molecule has 18 heavy (non-hydrogen) atoms. The molecule has 0 aromatic heterocycles. The topological polar surface area (TPSA) is 49.4 Å². The number of nitrogens with zero attached hydrogens (tertiary/aromatic N) is 1. The number of piperidine rings is 1. The van der Waals surface area contributed by atoms with Gasteiger partial charge in [-0.15, -0.1) is 0 Å². The highest BCUT2D eigenvalue weighted by atomic mass is 79.9. The number of aryl methyl sites for hydroxylation is 1. The Morgan fingerprint density at radius 2 is 1.89 bits per heavy atom. The third-order valence-electron chi connectivity index (χ3n) is 3.09. The minimum absolute atomic E-state index is 0.598. The highest BCUT2D eigenvalue weighted by molar-refractivity contribution is 9.10. The van der Waals surface area contributed by atoms with Gasteiger partial charge in [-0.1, -0.05) is 18.6 Å². The molecule has 1 aliphatic rings. The fraction of sp³-hybridized carbons (Fsp3) is 0.500. The van der Waals surface area contributed by atoms with Gasteiger partial charge in [0, 0.05) is 17.6 Å². The van der Waals surface area contributed by atoms with Gasteiger partial charge < -0.3 is 0 Å². The van der Waals surface area contributed by atoms with Crippen molar-refractivity contribution in [1.29, 1.82) is 0 Å². The van der Waals surface area contributed by atoms with E-state index in [1.807, 2.05) is 19.1 Å². The number of halogens is 1. The van der Waals surface area contributed by atoms with E-state index in [0.717, 1.165) is 29.3 Å². The zero-order valence-electron chi connectivity index (χ0n) is 10.3. The van der Waals surface area contributed by atoms with Gasteiger partial charge in [0.1, 0.15) is 0 Å². The average molecular weight is 333 g/mol. The predicted molar refractivity (Wildman–Crippen MR) is 76.8 cm³/mol. The molecule has 0 unspecified atom stereocenters. The van der Waals surface area contributed by atoms with E-state index in [2.05, 4.69) is 20.7 Å². The third kappa shape index (κ3) is 3.05. The van der Waals surface area contributed by atoms with Crippen molar-refractivity contribution in [3.63, 3.8) is 0 Å². The van der Waals surface area contributed by atoms with Gasteiger partial charge in [-0.25, -0.2) is 0 Å². The molecule has 1 aliphatic heterocycles. The maximum atomic E-state index is 12.2. The number of nitrogens with one attached hydrogen (secondary N) is 1. The van der Waals surface area contributed by atoms with E-state index < -0.39 is 10.2 Å². The zero-order chi connectivity index (χ0) is 13.2. The van der Waals surface area contributed by atoms with Gasteiger partial charge in [0.05, 0.1) is 5.69 Å². The number of benzene rings is 1. The first kappa shape index (κ1) is 13.8. The number of anilines is 1. The Morgan fingerprint density at radius 3 is 2.56 bits per heavy atom. The lowest BCUT2D eigenvalue weighted by atomic mass is 10.2. The van der Waals surface area contributed by atoms with Crippen LogP contribution in [-0.2, 0) is 10.2 Å². The van der Waals surface area contributed by atoms with Crippen LogP contribution in [0.2, 0.25) is 0 Å². The quantitative estimate of drug-likeness (QED) is 0.925. The van der Waals surface area contributed by atoms with Crippen LogP contribution in [0.5, 0.6) is 0 Å². The molecular formula is C12H17BrN2O2S. The highest BCUT2D eigenvalue weighted by Gasteiger charge is 2.24. The van der Waals surface area contributed by atoms with E-state index in [1.54, 1.807) is 6.07 Å². The van der Waals surface area contributed by atoms with Crippen molar-refractivity contribution in [1.82, 2.24) is 4.31 Å². The summed E-state index contributed by atoms with van der Waals surface area (Å²) in [5, 5.41) is 0. The monoisotopic (exact) mass is 332 g/mol. The SMILES string of the molecule is Cc1cccc(NS(=O)(=O)N2CCCCC2)c1Br. The molecule has 6 heteroatoms. The van der Waals surface area contributed by atoms with E-state index in [4.69, 9.17) is 0 Å². The van der Waals surface area contributed by atoms with Gasteiger partial charge in [-0.05, 0) is 47.3 Å². The van der Waals surface area contributed by atoms with Gasteiger partial charge >= 0.3 is 10.2 Å². The second-order valence-corrected chi connectivity index (χ2v) is 6.97. The highest BCUT2D eigenvalue weighted by Crippen LogP contribution is 2.27. The Kier molecular flexibility index (Phi) is 4.29. The molecule has 0 radical (unpaired) electrons. The summed E-state index contributed by atoms with van der Waals surface area (Å²) in [6.45, 7) is 3.15. The van der Waals surface area contributed by atoms with Gasteiger partial charge in [-0.2, -0.15) is 12.7 Å². The van der Waals surface area contributed by atoms with Gasteiger partial charge in [0.25, 0.3) is 0 Å². The Bertz CT molecular complexity index is 525. The normalized spacial score (nSPS) is 17.7. The van der Waals surface area contributed by atoms with Crippen molar-refractivity contribution in [2.75, 3.05) is 17.8 Å². The second-order valence-electron chi connectivity index (χ2n) is 4.50. The standard InChI is InChI=1S/C12H17BrN2O2S/c1-10-6-5-7-11(12(10)13)14-18(16,17)15-8-3-2-4-9-15/h5-7,14H,2-4,8-9H2,1H3. The third-order valence-corrected chi connectivity index (χ3v) is 5.66. The Hall–Kier alpha value is -0.590. The summed E-state index contributed by atoms with van der Waals surface area (Å²) >= 11 is 3.41. The lowest BCUT2D eigenvalue weighted by Crippen LogP contribution is -2.39. The van der Waals surface area contributed by atoms with E-state index in [0.29, 0.717) is 18.8 Å². The summed E-state index contributed by atoms with van der Waals surface area (Å²) in [4.78, 5) is 0. The minimum atomic E-state index is -3.42. The molecule has 1 saturated heterocycles. The molecule has 1 heterocycles. The lowest BCUT2D eigenvalue weighted by Gasteiger charge is -2.26. The van der Waals surface area contributed by atoms with Crippen LogP contribution in [0.4, 0.5) is 5.69 Å². The molecule has 0 spiro atoms. The molecule has 100 valence electrons. The van der Waals surface area contributed by atoms with E-state index in [9.17, 15) is 8.42 Å². The molecule has 2 rings (SSSR count). The van der Waals surface area contributed by atoms with Crippen LogP contribution in [0.1, 0.15) is 24.8 Å². The molecule has 4 nitrogen and oxygen atoms in total. The average Bonchev–Trinajstić information content (AvgIpc) is 2.36.